The molecule has 3 heterocycles. The van der Waals surface area contributed by atoms with Gasteiger partial charge < -0.3 is 14.7 Å². The van der Waals surface area contributed by atoms with Crippen LogP contribution in [0.2, 0.25) is 5.02 Å². The Balaban J connectivity index is 1.43. The van der Waals surface area contributed by atoms with Gasteiger partial charge in [0.05, 0.1) is 11.6 Å². The number of fused-ring (bicyclic) bond motifs is 1. The SMILES string of the molecule is CCc1noc2nc(C)nc(N3CCC[C@@H](C(=O)NCCc4ccc(Cl)cc4)C3)c12. The highest BCUT2D eigenvalue weighted by molar-refractivity contribution is 6.30. The second kappa shape index (κ2) is 9.00. The highest BCUT2D eigenvalue weighted by Gasteiger charge is 2.29. The van der Waals surface area contributed by atoms with Crippen LogP contribution in [0, 0.1) is 12.8 Å². The summed E-state index contributed by atoms with van der Waals surface area (Å²) < 4.78 is 5.41. The zero-order valence-corrected chi connectivity index (χ0v) is 18.1. The van der Waals surface area contributed by atoms with E-state index >= 15 is 0 Å². The van der Waals surface area contributed by atoms with Gasteiger partial charge in [0.1, 0.15) is 17.0 Å². The van der Waals surface area contributed by atoms with E-state index in [0.29, 0.717) is 24.6 Å². The van der Waals surface area contributed by atoms with E-state index in [1.165, 1.54) is 0 Å². The number of aromatic nitrogens is 3. The van der Waals surface area contributed by atoms with Crippen LogP contribution in [0.1, 0.15) is 36.8 Å². The first kappa shape index (κ1) is 20.6. The number of hydrogen-bond donors (Lipinski definition) is 1. The molecule has 0 spiro atoms. The molecule has 0 saturated carbocycles. The minimum absolute atomic E-state index is 0.0702. The van der Waals surface area contributed by atoms with E-state index in [1.807, 2.05) is 38.1 Å². The van der Waals surface area contributed by atoms with Crippen LogP contribution in [0.15, 0.2) is 28.8 Å². The van der Waals surface area contributed by atoms with E-state index in [-0.39, 0.29) is 11.8 Å². The van der Waals surface area contributed by atoms with Crippen LogP contribution >= 0.6 is 11.6 Å². The summed E-state index contributed by atoms with van der Waals surface area (Å²) >= 11 is 5.93. The largest absolute Gasteiger partial charge is 0.355 e. The van der Waals surface area contributed by atoms with E-state index in [0.717, 1.165) is 59.7 Å². The van der Waals surface area contributed by atoms with Gasteiger partial charge in [-0.05, 0) is 50.3 Å². The maximum absolute atomic E-state index is 12.8. The van der Waals surface area contributed by atoms with Crippen molar-refractivity contribution in [2.45, 2.75) is 39.5 Å². The molecule has 1 aliphatic heterocycles. The fourth-order valence-corrected chi connectivity index (χ4v) is 4.10. The molecule has 0 radical (unpaired) electrons. The van der Waals surface area contributed by atoms with Crippen molar-refractivity contribution in [3.63, 3.8) is 0 Å². The average Bonchev–Trinajstić information content (AvgIpc) is 3.17. The topological polar surface area (TPSA) is 84.2 Å². The van der Waals surface area contributed by atoms with Gasteiger partial charge >= 0.3 is 0 Å². The van der Waals surface area contributed by atoms with Crippen molar-refractivity contribution in [3.8, 4) is 0 Å². The predicted molar refractivity (Wildman–Crippen MR) is 117 cm³/mol. The van der Waals surface area contributed by atoms with Gasteiger partial charge in [-0.25, -0.2) is 4.98 Å². The van der Waals surface area contributed by atoms with Crippen molar-refractivity contribution in [1.82, 2.24) is 20.4 Å². The first-order valence-corrected chi connectivity index (χ1v) is 10.8. The Hall–Kier alpha value is -2.67. The highest BCUT2D eigenvalue weighted by Crippen LogP contribution is 2.30. The molecule has 4 rings (SSSR count). The van der Waals surface area contributed by atoms with E-state index in [4.69, 9.17) is 16.1 Å². The Labute approximate surface area is 180 Å². The van der Waals surface area contributed by atoms with Gasteiger partial charge in [-0.3, -0.25) is 4.79 Å². The predicted octanol–water partition coefficient (Wildman–Crippen LogP) is 3.72. The number of carbonyl (C=O) groups excluding carboxylic acids is 1. The number of carbonyl (C=O) groups is 1. The minimum Gasteiger partial charge on any atom is -0.355 e. The van der Waals surface area contributed by atoms with Gasteiger partial charge in [-0.1, -0.05) is 35.8 Å². The summed E-state index contributed by atoms with van der Waals surface area (Å²) in [6.07, 6.45) is 3.34. The Kier molecular flexibility index (Phi) is 6.18. The monoisotopic (exact) mass is 427 g/mol. The molecular weight excluding hydrogens is 402 g/mol. The third kappa shape index (κ3) is 4.41. The molecule has 0 aliphatic carbocycles. The molecule has 1 aromatic carbocycles. The van der Waals surface area contributed by atoms with Crippen LogP contribution in [0.3, 0.4) is 0 Å². The molecule has 158 valence electrons. The summed E-state index contributed by atoms with van der Waals surface area (Å²) in [5.74, 6) is 1.50. The number of benzene rings is 1. The van der Waals surface area contributed by atoms with Crippen molar-refractivity contribution >= 4 is 34.4 Å². The number of amides is 1. The van der Waals surface area contributed by atoms with Crippen LogP contribution in [-0.4, -0.2) is 40.7 Å². The number of nitrogens with one attached hydrogen (secondary N) is 1. The minimum atomic E-state index is -0.0702. The number of rotatable bonds is 6. The summed E-state index contributed by atoms with van der Waals surface area (Å²) in [5, 5.41) is 8.83. The summed E-state index contributed by atoms with van der Waals surface area (Å²) in [5.41, 5.74) is 2.53. The Bertz CT molecular complexity index is 1030. The summed E-state index contributed by atoms with van der Waals surface area (Å²) in [6, 6.07) is 7.72. The lowest BCUT2D eigenvalue weighted by molar-refractivity contribution is -0.125. The Morgan fingerprint density at radius 2 is 2.10 bits per heavy atom. The lowest BCUT2D eigenvalue weighted by atomic mass is 9.96. The Morgan fingerprint density at radius 3 is 2.87 bits per heavy atom. The van der Waals surface area contributed by atoms with Crippen molar-refractivity contribution in [3.05, 3.63) is 46.4 Å². The van der Waals surface area contributed by atoms with Crippen molar-refractivity contribution < 1.29 is 9.32 Å². The highest BCUT2D eigenvalue weighted by atomic mass is 35.5. The van der Waals surface area contributed by atoms with Crippen LogP contribution in [0.4, 0.5) is 5.82 Å². The molecule has 8 heteroatoms. The lowest BCUT2D eigenvalue weighted by Gasteiger charge is -2.33. The summed E-state index contributed by atoms with van der Waals surface area (Å²) in [6.45, 7) is 5.98. The zero-order chi connectivity index (χ0) is 21.1. The second-order valence-corrected chi connectivity index (χ2v) is 8.15. The third-order valence-corrected chi connectivity index (χ3v) is 5.80. The molecular formula is C22H26ClN5O2. The van der Waals surface area contributed by atoms with Crippen LogP contribution < -0.4 is 10.2 Å². The van der Waals surface area contributed by atoms with Gasteiger partial charge in [-0.15, -0.1) is 0 Å². The number of aryl methyl sites for hydroxylation is 2. The van der Waals surface area contributed by atoms with Gasteiger partial charge in [0, 0.05) is 24.7 Å². The number of piperidine rings is 1. The van der Waals surface area contributed by atoms with E-state index < -0.39 is 0 Å². The molecule has 0 bridgehead atoms. The smallest absolute Gasteiger partial charge is 0.263 e. The fraction of sp³-hybridized carbons (Fsp3) is 0.455. The maximum atomic E-state index is 12.8. The molecule has 1 atom stereocenters. The number of nitrogens with zero attached hydrogens (tertiary/aromatic N) is 4. The Morgan fingerprint density at radius 1 is 1.30 bits per heavy atom. The molecule has 0 unspecified atom stereocenters. The van der Waals surface area contributed by atoms with Gasteiger partial charge in [0.25, 0.3) is 5.71 Å². The van der Waals surface area contributed by atoms with Crippen LogP contribution in [-0.2, 0) is 17.6 Å². The third-order valence-electron chi connectivity index (χ3n) is 5.55. The molecule has 1 saturated heterocycles. The molecule has 1 amide bonds. The number of halogens is 1. The standard InChI is InChI=1S/C22H26ClN5O2/c1-3-18-19-20(25-14(2)26-22(19)30-27-18)28-12-4-5-16(13-28)21(29)24-11-10-15-6-8-17(23)9-7-15/h6-9,16H,3-5,10-13H2,1-2H3,(H,24,29)/t16-/m1/s1. The van der Waals surface area contributed by atoms with Gasteiger partial charge in [0.2, 0.25) is 5.91 Å². The van der Waals surface area contributed by atoms with Crippen molar-refractivity contribution in [2.24, 2.45) is 5.92 Å². The van der Waals surface area contributed by atoms with Crippen molar-refractivity contribution in [1.29, 1.82) is 0 Å². The van der Waals surface area contributed by atoms with Gasteiger partial charge in [-0.2, -0.15) is 4.98 Å². The first-order chi connectivity index (χ1) is 14.5. The van der Waals surface area contributed by atoms with E-state index in [2.05, 4.69) is 25.3 Å². The molecule has 1 fully saturated rings. The molecule has 1 aliphatic rings. The second-order valence-electron chi connectivity index (χ2n) is 7.71. The quantitative estimate of drug-likeness (QED) is 0.645. The van der Waals surface area contributed by atoms with Crippen LogP contribution in [0.5, 0.6) is 0 Å². The van der Waals surface area contributed by atoms with E-state index in [1.54, 1.807) is 0 Å². The molecule has 7 nitrogen and oxygen atoms in total. The number of anilines is 1. The molecule has 2 aromatic heterocycles. The molecule has 3 aromatic rings. The normalized spacial score (nSPS) is 16.8. The average molecular weight is 428 g/mol. The first-order valence-electron chi connectivity index (χ1n) is 10.4. The molecule has 30 heavy (non-hydrogen) atoms. The maximum Gasteiger partial charge on any atom is 0.263 e. The summed E-state index contributed by atoms with van der Waals surface area (Å²) in [4.78, 5) is 24.0. The number of hydrogen-bond acceptors (Lipinski definition) is 6. The lowest BCUT2D eigenvalue weighted by Crippen LogP contribution is -2.44. The van der Waals surface area contributed by atoms with Crippen LogP contribution in [0.25, 0.3) is 11.1 Å². The fourth-order valence-electron chi connectivity index (χ4n) is 3.97. The summed E-state index contributed by atoms with van der Waals surface area (Å²) in [7, 11) is 0. The van der Waals surface area contributed by atoms with E-state index in [9.17, 15) is 4.79 Å². The zero-order valence-electron chi connectivity index (χ0n) is 17.3. The molecule has 1 N–H and O–H groups in total. The van der Waals surface area contributed by atoms with Crippen molar-refractivity contribution in [2.75, 3.05) is 24.5 Å². The van der Waals surface area contributed by atoms with Gasteiger partial charge in [0.15, 0.2) is 0 Å².